The minimum Gasteiger partial charge on any atom is -0.491 e. The molecule has 0 atom stereocenters. The Morgan fingerprint density at radius 1 is 0.781 bits per heavy atom. The van der Waals surface area contributed by atoms with Crippen molar-refractivity contribution in [3.63, 3.8) is 0 Å². The molecule has 0 bridgehead atoms. The van der Waals surface area contributed by atoms with E-state index in [4.69, 9.17) is 14.2 Å². The summed E-state index contributed by atoms with van der Waals surface area (Å²) in [4.78, 5) is 0. The summed E-state index contributed by atoms with van der Waals surface area (Å²) in [5.41, 5.74) is 0.531. The van der Waals surface area contributed by atoms with Crippen LogP contribution in [0.3, 0.4) is 0 Å². The predicted molar refractivity (Wildman–Crippen MR) is 124 cm³/mol. The smallest absolute Gasteiger partial charge is 0.200 e. The van der Waals surface area contributed by atoms with E-state index in [-0.39, 0.29) is 11.7 Å². The second-order valence-corrected chi connectivity index (χ2v) is 9.64. The summed E-state index contributed by atoms with van der Waals surface area (Å²) in [6, 6.07) is 3.32. The quantitative estimate of drug-likeness (QED) is 0.309. The van der Waals surface area contributed by atoms with Gasteiger partial charge in [-0.15, -0.1) is 0 Å². The van der Waals surface area contributed by atoms with E-state index < -0.39 is 11.6 Å². The Morgan fingerprint density at radius 3 is 2.03 bits per heavy atom. The molecule has 3 rings (SSSR count). The Morgan fingerprint density at radius 2 is 1.41 bits per heavy atom. The molecule has 0 amide bonds. The number of benzene rings is 1. The lowest BCUT2D eigenvalue weighted by atomic mass is 9.69. The number of halogens is 2. The fourth-order valence-electron chi connectivity index (χ4n) is 5.71. The molecule has 0 saturated heterocycles. The van der Waals surface area contributed by atoms with Crippen LogP contribution in [0.4, 0.5) is 8.78 Å². The van der Waals surface area contributed by atoms with Crippen molar-refractivity contribution in [3.05, 3.63) is 29.3 Å². The largest absolute Gasteiger partial charge is 0.491 e. The van der Waals surface area contributed by atoms with E-state index in [9.17, 15) is 8.78 Å². The van der Waals surface area contributed by atoms with Crippen molar-refractivity contribution in [2.24, 2.45) is 11.8 Å². The zero-order valence-corrected chi connectivity index (χ0v) is 20.1. The summed E-state index contributed by atoms with van der Waals surface area (Å²) in [6.07, 6.45) is 14.2. The maximum atomic E-state index is 14.6. The highest BCUT2D eigenvalue weighted by Crippen LogP contribution is 2.44. The van der Waals surface area contributed by atoms with Crippen molar-refractivity contribution in [2.75, 3.05) is 26.9 Å². The first kappa shape index (κ1) is 25.4. The van der Waals surface area contributed by atoms with Gasteiger partial charge in [0.1, 0.15) is 0 Å². The molecule has 2 saturated carbocycles. The first-order chi connectivity index (χ1) is 15.6. The predicted octanol–water partition coefficient (Wildman–Crippen LogP) is 7.42. The highest BCUT2D eigenvalue weighted by Gasteiger charge is 2.32. The summed E-state index contributed by atoms with van der Waals surface area (Å²) >= 11 is 0. The third-order valence-electron chi connectivity index (χ3n) is 7.57. The van der Waals surface area contributed by atoms with Crippen LogP contribution in [0, 0.1) is 23.5 Å². The van der Waals surface area contributed by atoms with Gasteiger partial charge in [0.2, 0.25) is 5.82 Å². The van der Waals surface area contributed by atoms with E-state index in [1.807, 2.05) is 0 Å². The fraction of sp³-hybridized carbons (Fsp3) is 0.778. The van der Waals surface area contributed by atoms with Crippen molar-refractivity contribution >= 4 is 0 Å². The minimum absolute atomic E-state index is 0.0208. The van der Waals surface area contributed by atoms with Crippen LogP contribution in [-0.4, -0.2) is 33.0 Å². The van der Waals surface area contributed by atoms with E-state index in [0.29, 0.717) is 18.3 Å². The molecular weight excluding hydrogens is 410 g/mol. The highest BCUT2D eigenvalue weighted by atomic mass is 19.2. The van der Waals surface area contributed by atoms with Crippen LogP contribution >= 0.6 is 0 Å². The molecule has 3 nitrogen and oxygen atoms in total. The van der Waals surface area contributed by atoms with Crippen LogP contribution in [-0.2, 0) is 9.47 Å². The molecule has 0 aromatic heterocycles. The third-order valence-corrected chi connectivity index (χ3v) is 7.57. The van der Waals surface area contributed by atoms with Crippen molar-refractivity contribution in [1.82, 2.24) is 0 Å². The molecule has 32 heavy (non-hydrogen) atoms. The molecule has 5 heteroatoms. The lowest BCUT2D eigenvalue weighted by molar-refractivity contribution is 0.00610. The molecule has 0 heterocycles. The molecule has 182 valence electrons. The van der Waals surface area contributed by atoms with Gasteiger partial charge in [-0.05, 0) is 101 Å². The first-order valence-electron chi connectivity index (χ1n) is 12.8. The van der Waals surface area contributed by atoms with Crippen LogP contribution in [0.5, 0.6) is 5.75 Å². The summed E-state index contributed by atoms with van der Waals surface area (Å²) in [7, 11) is 1.76. The Balaban J connectivity index is 1.35. The minimum atomic E-state index is -0.834. The standard InChI is InChI=1S/C27H42F2O3/c1-3-31-25-17-16-24(26(28)27(25)29)22-10-8-20(9-11-22)21-12-14-23(15-13-21)32-19-7-5-4-6-18-30-2/h16-17,20-23H,3-15,18-19H2,1-2H3. The average molecular weight is 453 g/mol. The number of hydrogen-bond acceptors (Lipinski definition) is 3. The number of unbranched alkanes of at least 4 members (excludes halogenated alkanes) is 3. The van der Waals surface area contributed by atoms with Gasteiger partial charge in [0.15, 0.2) is 11.6 Å². The zero-order valence-electron chi connectivity index (χ0n) is 20.1. The van der Waals surface area contributed by atoms with Crippen molar-refractivity contribution < 1.29 is 23.0 Å². The zero-order chi connectivity index (χ0) is 22.8. The lowest BCUT2D eigenvalue weighted by Gasteiger charge is -2.38. The van der Waals surface area contributed by atoms with Gasteiger partial charge in [-0.25, -0.2) is 4.39 Å². The summed E-state index contributed by atoms with van der Waals surface area (Å²) < 4.78 is 45.3. The van der Waals surface area contributed by atoms with Gasteiger partial charge in [0, 0.05) is 20.3 Å². The fourth-order valence-corrected chi connectivity index (χ4v) is 5.71. The molecule has 1 aromatic rings. The molecule has 2 aliphatic rings. The van der Waals surface area contributed by atoms with Crippen molar-refractivity contribution in [1.29, 1.82) is 0 Å². The number of methoxy groups -OCH3 is 1. The number of rotatable bonds is 12. The molecule has 2 aliphatic carbocycles. The Bertz CT molecular complexity index is 665. The van der Waals surface area contributed by atoms with E-state index in [1.165, 1.54) is 38.5 Å². The van der Waals surface area contributed by atoms with Crippen LogP contribution in [0.15, 0.2) is 12.1 Å². The Labute approximate surface area is 193 Å². The van der Waals surface area contributed by atoms with Gasteiger partial charge >= 0.3 is 0 Å². The Hall–Kier alpha value is -1.20. The number of ether oxygens (including phenoxy) is 3. The van der Waals surface area contributed by atoms with Gasteiger partial charge in [0.25, 0.3) is 0 Å². The summed E-state index contributed by atoms with van der Waals surface area (Å²) in [5.74, 6) is 0.0957. The Kier molecular flexibility index (Phi) is 10.7. The number of hydrogen-bond donors (Lipinski definition) is 0. The van der Waals surface area contributed by atoms with Gasteiger partial charge in [0.05, 0.1) is 12.7 Å². The van der Waals surface area contributed by atoms with Gasteiger partial charge in [-0.3, -0.25) is 0 Å². The summed E-state index contributed by atoms with van der Waals surface area (Å²) in [5, 5.41) is 0. The van der Waals surface area contributed by atoms with E-state index in [0.717, 1.165) is 63.6 Å². The van der Waals surface area contributed by atoms with Crippen LogP contribution in [0.25, 0.3) is 0 Å². The molecule has 0 aliphatic heterocycles. The van der Waals surface area contributed by atoms with Gasteiger partial charge in [-0.1, -0.05) is 18.9 Å². The SMILES string of the molecule is CCOc1ccc(C2CCC(C3CCC(OCCCCCCOC)CC3)CC2)c(F)c1F. The maximum absolute atomic E-state index is 14.6. The monoisotopic (exact) mass is 452 g/mol. The topological polar surface area (TPSA) is 27.7 Å². The molecule has 2 fully saturated rings. The second-order valence-electron chi connectivity index (χ2n) is 9.64. The van der Waals surface area contributed by atoms with Crippen LogP contribution in [0.2, 0.25) is 0 Å². The normalized spacial score (nSPS) is 26.2. The molecule has 0 spiro atoms. The highest BCUT2D eigenvalue weighted by molar-refractivity contribution is 5.33. The van der Waals surface area contributed by atoms with E-state index in [1.54, 1.807) is 26.2 Å². The van der Waals surface area contributed by atoms with Crippen LogP contribution < -0.4 is 4.74 Å². The van der Waals surface area contributed by atoms with Crippen molar-refractivity contribution in [3.8, 4) is 5.75 Å². The van der Waals surface area contributed by atoms with Crippen LogP contribution in [0.1, 0.15) is 95.5 Å². The van der Waals surface area contributed by atoms with E-state index >= 15 is 0 Å². The summed E-state index contributed by atoms with van der Waals surface area (Å²) in [6.45, 7) is 3.86. The second kappa shape index (κ2) is 13.5. The lowest BCUT2D eigenvalue weighted by Crippen LogP contribution is -2.28. The third kappa shape index (κ3) is 7.15. The molecular formula is C27H42F2O3. The molecule has 0 N–H and O–H groups in total. The molecule has 0 unspecified atom stereocenters. The molecule has 0 radical (unpaired) electrons. The maximum Gasteiger partial charge on any atom is 0.200 e. The van der Waals surface area contributed by atoms with Gasteiger partial charge < -0.3 is 14.2 Å². The van der Waals surface area contributed by atoms with Crippen molar-refractivity contribution in [2.45, 2.75) is 96.0 Å². The van der Waals surface area contributed by atoms with E-state index in [2.05, 4.69) is 0 Å². The van der Waals surface area contributed by atoms with Gasteiger partial charge in [-0.2, -0.15) is 4.39 Å². The average Bonchev–Trinajstić information content (AvgIpc) is 2.82. The first-order valence-corrected chi connectivity index (χ1v) is 12.8. The molecule has 1 aromatic carbocycles.